The quantitative estimate of drug-likeness (QED) is 0.617. The Morgan fingerprint density at radius 1 is 1.16 bits per heavy atom. The second kappa shape index (κ2) is 5.19. The van der Waals surface area contributed by atoms with E-state index in [-0.39, 0.29) is 11.5 Å². The van der Waals surface area contributed by atoms with Crippen LogP contribution in [0.1, 0.15) is 58.3 Å². The third-order valence-corrected chi connectivity index (χ3v) is 9.55. The Morgan fingerprint density at radius 3 is 2.76 bits per heavy atom. The molecule has 3 nitrogen and oxygen atoms in total. The van der Waals surface area contributed by atoms with Crippen molar-refractivity contribution in [3.63, 3.8) is 0 Å². The predicted molar refractivity (Wildman–Crippen MR) is 98.0 cm³/mol. The molecule has 138 valence electrons. The Labute approximate surface area is 151 Å². The van der Waals surface area contributed by atoms with Gasteiger partial charge in [-0.1, -0.05) is 19.9 Å². The maximum atomic E-state index is 11.3. The Hall–Kier alpha value is -0.670. The second-order valence-electron chi connectivity index (χ2n) is 10.4. The maximum absolute atomic E-state index is 11.3. The fourth-order valence-corrected chi connectivity index (χ4v) is 8.79. The number of rotatable bonds is 2. The third kappa shape index (κ3) is 1.92. The van der Waals surface area contributed by atoms with Crippen molar-refractivity contribution in [3.05, 3.63) is 12.2 Å². The molecule has 4 bridgehead atoms. The lowest BCUT2D eigenvalue weighted by atomic mass is 9.35. The monoisotopic (exact) mass is 343 g/mol. The molecular formula is C22H33NO2. The van der Waals surface area contributed by atoms with Crippen molar-refractivity contribution in [2.75, 3.05) is 19.6 Å². The highest BCUT2D eigenvalue weighted by Gasteiger charge is 2.69. The van der Waals surface area contributed by atoms with Crippen LogP contribution in [0.2, 0.25) is 0 Å². The van der Waals surface area contributed by atoms with E-state index in [9.17, 15) is 9.90 Å². The highest BCUT2D eigenvalue weighted by molar-refractivity contribution is 5.52. The molecule has 3 heteroatoms. The lowest BCUT2D eigenvalue weighted by Gasteiger charge is -2.72. The summed E-state index contributed by atoms with van der Waals surface area (Å²) < 4.78 is 0. The number of aliphatic hydroxyl groups excluding tert-OH is 1. The van der Waals surface area contributed by atoms with Gasteiger partial charge in [0, 0.05) is 18.5 Å². The Balaban J connectivity index is 1.60. The van der Waals surface area contributed by atoms with E-state index in [0.717, 1.165) is 30.9 Å². The summed E-state index contributed by atoms with van der Waals surface area (Å²) in [6.07, 6.45) is 10.9. The zero-order valence-corrected chi connectivity index (χ0v) is 15.7. The number of fused-ring (bicyclic) bond motifs is 2. The van der Waals surface area contributed by atoms with Crippen molar-refractivity contribution < 1.29 is 9.90 Å². The van der Waals surface area contributed by atoms with Gasteiger partial charge < -0.3 is 9.90 Å². The van der Waals surface area contributed by atoms with E-state index >= 15 is 0 Å². The van der Waals surface area contributed by atoms with Crippen molar-refractivity contribution in [1.29, 1.82) is 0 Å². The summed E-state index contributed by atoms with van der Waals surface area (Å²) in [6.45, 7) is 9.56. The number of piperidine rings is 1. The first kappa shape index (κ1) is 16.5. The molecule has 0 aromatic carbocycles. The number of carbonyl (C=O) groups is 1. The zero-order valence-electron chi connectivity index (χ0n) is 15.7. The van der Waals surface area contributed by atoms with Gasteiger partial charge in [0.1, 0.15) is 6.29 Å². The molecule has 0 aromatic rings. The number of carbonyl (C=O) groups excluding carboxylic acids is 1. The molecular weight excluding hydrogens is 310 g/mol. The average Bonchev–Trinajstić information content (AvgIpc) is 2.58. The molecule has 0 radical (unpaired) electrons. The van der Waals surface area contributed by atoms with Crippen LogP contribution in [-0.4, -0.2) is 42.0 Å². The van der Waals surface area contributed by atoms with E-state index in [4.69, 9.17) is 0 Å². The van der Waals surface area contributed by atoms with E-state index in [0.29, 0.717) is 29.2 Å². The van der Waals surface area contributed by atoms with Gasteiger partial charge in [-0.2, -0.15) is 0 Å². The first-order chi connectivity index (χ1) is 12.0. The zero-order chi connectivity index (χ0) is 17.4. The van der Waals surface area contributed by atoms with E-state index in [1.165, 1.54) is 51.4 Å². The SMILES string of the molecule is C=C1[C@H]2CC[C@@]3(CC[C@@H]4C5(C)CCC[C@@]4(CN(CC=O)C5)[C@@H]3C2)[C@H]1O. The highest BCUT2D eigenvalue weighted by atomic mass is 16.3. The van der Waals surface area contributed by atoms with Crippen LogP contribution in [0, 0.1) is 34.0 Å². The molecule has 0 amide bonds. The van der Waals surface area contributed by atoms with Gasteiger partial charge in [-0.25, -0.2) is 0 Å². The summed E-state index contributed by atoms with van der Waals surface area (Å²) in [4.78, 5) is 13.7. The predicted octanol–water partition coefficient (Wildman–Crippen LogP) is 3.42. The van der Waals surface area contributed by atoms with E-state index < -0.39 is 0 Å². The third-order valence-electron chi connectivity index (χ3n) is 9.55. The molecule has 6 aliphatic rings. The number of nitrogens with zero attached hydrogens (tertiary/aromatic N) is 1. The first-order valence-corrected chi connectivity index (χ1v) is 10.5. The molecule has 5 saturated carbocycles. The van der Waals surface area contributed by atoms with Gasteiger partial charge >= 0.3 is 0 Å². The number of aldehydes is 1. The van der Waals surface area contributed by atoms with Crippen LogP contribution in [-0.2, 0) is 4.79 Å². The van der Waals surface area contributed by atoms with E-state index in [1.54, 1.807) is 0 Å². The van der Waals surface area contributed by atoms with Crippen molar-refractivity contribution in [3.8, 4) is 0 Å². The maximum Gasteiger partial charge on any atom is 0.133 e. The Kier molecular flexibility index (Phi) is 3.43. The van der Waals surface area contributed by atoms with Crippen LogP contribution < -0.4 is 0 Å². The minimum atomic E-state index is -0.282. The van der Waals surface area contributed by atoms with Gasteiger partial charge in [0.2, 0.25) is 0 Å². The summed E-state index contributed by atoms with van der Waals surface area (Å²) in [6, 6.07) is 0. The molecule has 1 N–H and O–H groups in total. The van der Waals surface area contributed by atoms with Gasteiger partial charge in [-0.05, 0) is 79.1 Å². The van der Waals surface area contributed by atoms with Crippen LogP contribution in [0.3, 0.4) is 0 Å². The summed E-state index contributed by atoms with van der Waals surface area (Å²) in [5, 5.41) is 11.2. The van der Waals surface area contributed by atoms with Crippen LogP contribution >= 0.6 is 0 Å². The fourth-order valence-electron chi connectivity index (χ4n) is 8.79. The van der Waals surface area contributed by atoms with Crippen molar-refractivity contribution in [2.24, 2.45) is 34.0 Å². The molecule has 6 rings (SSSR count). The van der Waals surface area contributed by atoms with Gasteiger partial charge in [0.25, 0.3) is 0 Å². The molecule has 1 saturated heterocycles. The smallest absolute Gasteiger partial charge is 0.133 e. The summed E-state index contributed by atoms with van der Waals surface area (Å²) in [7, 11) is 0. The number of hydrogen-bond acceptors (Lipinski definition) is 3. The Bertz CT molecular complexity index is 617. The molecule has 1 aliphatic heterocycles. The van der Waals surface area contributed by atoms with Crippen molar-refractivity contribution in [2.45, 2.75) is 64.4 Å². The number of likely N-dealkylation sites (tertiary alicyclic amines) is 1. The second-order valence-corrected chi connectivity index (χ2v) is 10.4. The lowest BCUT2D eigenvalue weighted by molar-refractivity contribution is -0.239. The minimum Gasteiger partial charge on any atom is -0.388 e. The molecule has 5 aliphatic carbocycles. The van der Waals surface area contributed by atoms with Gasteiger partial charge in [0.15, 0.2) is 0 Å². The standard InChI is InChI=1S/C22H33NO2/c1-15-16-4-8-21(19(15)25)9-5-17-20(2)6-3-7-22(17,18(21)12-16)14-23(13-20)10-11-24/h11,16-19,25H,1,3-10,12-14H2,2H3/t16-,17+,18+,19-,20?,21-,22-/m0/s1. The molecule has 1 heterocycles. The van der Waals surface area contributed by atoms with Gasteiger partial charge in [-0.15, -0.1) is 0 Å². The topological polar surface area (TPSA) is 40.5 Å². The van der Waals surface area contributed by atoms with Crippen molar-refractivity contribution in [1.82, 2.24) is 4.90 Å². The average molecular weight is 344 g/mol. The van der Waals surface area contributed by atoms with E-state index in [2.05, 4.69) is 18.4 Å². The molecule has 25 heavy (non-hydrogen) atoms. The number of aliphatic hydroxyl groups is 1. The first-order valence-electron chi connectivity index (χ1n) is 10.5. The summed E-state index contributed by atoms with van der Waals surface area (Å²) >= 11 is 0. The van der Waals surface area contributed by atoms with Crippen molar-refractivity contribution >= 4 is 6.29 Å². The normalized spacial score (nSPS) is 54.7. The Morgan fingerprint density at radius 2 is 1.96 bits per heavy atom. The summed E-state index contributed by atoms with van der Waals surface area (Å²) in [5.74, 6) is 1.95. The van der Waals surface area contributed by atoms with Crippen LogP contribution in [0.25, 0.3) is 0 Å². The fraction of sp³-hybridized carbons (Fsp3) is 0.864. The lowest BCUT2D eigenvalue weighted by Crippen LogP contribution is -2.71. The molecule has 1 unspecified atom stereocenters. The van der Waals surface area contributed by atoms with Crippen LogP contribution in [0.4, 0.5) is 0 Å². The minimum absolute atomic E-state index is 0.0881. The van der Waals surface area contributed by atoms with Crippen LogP contribution in [0.5, 0.6) is 0 Å². The van der Waals surface area contributed by atoms with E-state index in [1.807, 2.05) is 0 Å². The van der Waals surface area contributed by atoms with Gasteiger partial charge in [0.05, 0.1) is 12.6 Å². The largest absolute Gasteiger partial charge is 0.388 e. The summed E-state index contributed by atoms with van der Waals surface area (Å²) in [5.41, 5.74) is 1.91. The number of hydrogen-bond donors (Lipinski definition) is 1. The molecule has 0 aromatic heterocycles. The molecule has 7 atom stereocenters. The molecule has 6 fully saturated rings. The molecule has 1 spiro atoms. The van der Waals surface area contributed by atoms with Gasteiger partial charge in [-0.3, -0.25) is 4.90 Å². The van der Waals surface area contributed by atoms with Crippen LogP contribution in [0.15, 0.2) is 12.2 Å². The highest BCUT2D eigenvalue weighted by Crippen LogP contribution is 2.73.